The monoisotopic (exact) mass is 391 g/mol. The molecule has 0 aliphatic heterocycles. The molecule has 0 heterocycles. The van der Waals surface area contributed by atoms with Crippen molar-refractivity contribution in [2.45, 2.75) is 61.7 Å². The molecule has 0 aromatic heterocycles. The summed E-state index contributed by atoms with van der Waals surface area (Å²) >= 11 is 3.99. The van der Waals surface area contributed by atoms with E-state index in [2.05, 4.69) is 21.2 Å². The Morgan fingerprint density at radius 1 is 1.25 bits per heavy atom. The summed E-state index contributed by atoms with van der Waals surface area (Å²) in [6, 6.07) is 7.38. The van der Waals surface area contributed by atoms with Crippen LogP contribution in [0.3, 0.4) is 0 Å². The van der Waals surface area contributed by atoms with Gasteiger partial charge in [0.25, 0.3) is 0 Å². The Kier molecular flexibility index (Phi) is 3.76. The second-order valence-corrected chi connectivity index (χ2v) is 10.5. The molecule has 1 amide bonds. The molecule has 2 N–H and O–H groups in total. The predicted octanol–water partition coefficient (Wildman–Crippen LogP) is 4.13. The summed E-state index contributed by atoms with van der Waals surface area (Å²) in [5.74, 6) is 2.35. The standard InChI is InChI=1S/C20H26BrNO2/c1-19(2,15-4-3-5-16(23)8-15)18(24)22-17-13-6-12-7-14(17)11-20(21,9-12)10-13/h3-5,8,12-14,17,23H,6-7,9-11H2,1-2H3,(H,22,24). The zero-order valence-electron chi connectivity index (χ0n) is 14.4. The van der Waals surface area contributed by atoms with Gasteiger partial charge in [0.15, 0.2) is 0 Å². The van der Waals surface area contributed by atoms with Gasteiger partial charge in [0.2, 0.25) is 5.91 Å². The molecule has 4 aliphatic carbocycles. The summed E-state index contributed by atoms with van der Waals surface area (Å²) in [5, 5.41) is 13.1. The van der Waals surface area contributed by atoms with Gasteiger partial charge >= 0.3 is 0 Å². The van der Waals surface area contributed by atoms with Crippen molar-refractivity contribution in [3.63, 3.8) is 0 Å². The molecule has 0 radical (unpaired) electrons. The van der Waals surface area contributed by atoms with Crippen LogP contribution in [0.25, 0.3) is 0 Å². The Morgan fingerprint density at radius 3 is 2.50 bits per heavy atom. The number of halogens is 1. The lowest BCUT2D eigenvalue weighted by Gasteiger charge is -2.58. The molecule has 4 aliphatic rings. The lowest BCUT2D eigenvalue weighted by atomic mass is 9.54. The number of hydrogen-bond acceptors (Lipinski definition) is 2. The minimum absolute atomic E-state index is 0.0780. The summed E-state index contributed by atoms with van der Waals surface area (Å²) in [6.45, 7) is 3.89. The van der Waals surface area contributed by atoms with Crippen molar-refractivity contribution in [1.29, 1.82) is 0 Å². The molecule has 4 saturated carbocycles. The highest BCUT2D eigenvalue weighted by Crippen LogP contribution is 2.59. The van der Waals surface area contributed by atoms with E-state index in [0.29, 0.717) is 22.2 Å². The minimum atomic E-state index is -0.639. The van der Waals surface area contributed by atoms with E-state index >= 15 is 0 Å². The minimum Gasteiger partial charge on any atom is -0.508 e. The fourth-order valence-corrected chi connectivity index (χ4v) is 6.81. The van der Waals surface area contributed by atoms with Crippen LogP contribution in [0.5, 0.6) is 5.75 Å². The Balaban J connectivity index is 1.52. The number of alkyl halides is 1. The molecule has 4 fully saturated rings. The van der Waals surface area contributed by atoms with Crippen molar-refractivity contribution in [3.05, 3.63) is 29.8 Å². The largest absolute Gasteiger partial charge is 0.508 e. The molecule has 130 valence electrons. The number of carbonyl (C=O) groups is 1. The van der Waals surface area contributed by atoms with Crippen LogP contribution in [0.15, 0.2) is 24.3 Å². The number of benzene rings is 1. The first-order chi connectivity index (χ1) is 11.3. The van der Waals surface area contributed by atoms with Crippen LogP contribution >= 0.6 is 15.9 Å². The van der Waals surface area contributed by atoms with Gasteiger partial charge < -0.3 is 10.4 Å². The van der Waals surface area contributed by atoms with Crippen LogP contribution < -0.4 is 5.32 Å². The summed E-state index contributed by atoms with van der Waals surface area (Å²) in [6.07, 6.45) is 6.23. The number of rotatable bonds is 3. The Labute approximate surface area is 152 Å². The van der Waals surface area contributed by atoms with Crippen LogP contribution in [0.1, 0.15) is 51.5 Å². The van der Waals surface area contributed by atoms with Crippen molar-refractivity contribution >= 4 is 21.8 Å². The zero-order valence-corrected chi connectivity index (χ0v) is 16.0. The molecule has 3 nitrogen and oxygen atoms in total. The van der Waals surface area contributed by atoms with E-state index in [1.807, 2.05) is 19.9 Å². The van der Waals surface area contributed by atoms with Gasteiger partial charge in [-0.2, -0.15) is 0 Å². The smallest absolute Gasteiger partial charge is 0.230 e. The summed E-state index contributed by atoms with van der Waals surface area (Å²) in [4.78, 5) is 13.0. The SMILES string of the molecule is CC(C)(C(=O)NC1C2CC3CC1CC(Br)(C3)C2)c1cccc(O)c1. The highest BCUT2D eigenvalue weighted by atomic mass is 79.9. The molecule has 1 aromatic rings. The fraction of sp³-hybridized carbons (Fsp3) is 0.650. The molecular formula is C20H26BrNO2. The average molecular weight is 392 g/mol. The molecule has 4 heteroatoms. The van der Waals surface area contributed by atoms with E-state index in [1.165, 1.54) is 32.1 Å². The molecule has 5 rings (SSSR count). The van der Waals surface area contributed by atoms with E-state index < -0.39 is 5.41 Å². The van der Waals surface area contributed by atoms with Gasteiger partial charge in [-0.25, -0.2) is 0 Å². The number of nitrogens with one attached hydrogen (secondary N) is 1. The first kappa shape index (κ1) is 16.4. The Morgan fingerprint density at radius 2 is 1.92 bits per heavy atom. The van der Waals surface area contributed by atoms with Crippen molar-refractivity contribution in [2.75, 3.05) is 0 Å². The average Bonchev–Trinajstić information content (AvgIpc) is 2.49. The number of carbonyl (C=O) groups excluding carboxylic acids is 1. The molecule has 0 spiro atoms. The van der Waals surface area contributed by atoms with Crippen LogP contribution in [0.4, 0.5) is 0 Å². The maximum atomic E-state index is 13.0. The van der Waals surface area contributed by atoms with Gasteiger partial charge in [-0.1, -0.05) is 28.1 Å². The molecule has 1 aromatic carbocycles. The van der Waals surface area contributed by atoms with Gasteiger partial charge in [0, 0.05) is 10.4 Å². The third-order valence-electron chi connectivity index (χ3n) is 6.63. The topological polar surface area (TPSA) is 49.3 Å². The first-order valence-corrected chi connectivity index (χ1v) is 9.85. The van der Waals surface area contributed by atoms with Crippen LogP contribution in [0, 0.1) is 17.8 Å². The molecule has 0 saturated heterocycles. The molecule has 2 atom stereocenters. The second-order valence-electron chi connectivity index (χ2n) is 8.80. The predicted molar refractivity (Wildman–Crippen MR) is 98.3 cm³/mol. The number of hydrogen-bond donors (Lipinski definition) is 2. The lowest BCUT2D eigenvalue weighted by molar-refractivity contribution is -0.129. The normalized spacial score (nSPS) is 37.5. The quantitative estimate of drug-likeness (QED) is 0.760. The molecule has 2 unspecified atom stereocenters. The Hall–Kier alpha value is -1.03. The van der Waals surface area contributed by atoms with Crippen molar-refractivity contribution in [2.24, 2.45) is 17.8 Å². The van der Waals surface area contributed by atoms with Gasteiger partial charge in [-0.15, -0.1) is 0 Å². The highest BCUT2D eigenvalue weighted by Gasteiger charge is 2.55. The zero-order chi connectivity index (χ0) is 17.1. The van der Waals surface area contributed by atoms with Crippen molar-refractivity contribution in [3.8, 4) is 5.75 Å². The van der Waals surface area contributed by atoms with Gasteiger partial charge in [0.05, 0.1) is 5.41 Å². The van der Waals surface area contributed by atoms with Gasteiger partial charge in [-0.05, 0) is 81.4 Å². The van der Waals surface area contributed by atoms with Gasteiger partial charge in [-0.3, -0.25) is 4.79 Å². The molecule has 4 bridgehead atoms. The Bertz CT molecular complexity index is 655. The van der Waals surface area contributed by atoms with E-state index in [-0.39, 0.29) is 11.7 Å². The fourth-order valence-electron chi connectivity index (χ4n) is 5.52. The van der Waals surface area contributed by atoms with Crippen LogP contribution in [-0.4, -0.2) is 21.4 Å². The molecular weight excluding hydrogens is 366 g/mol. The van der Waals surface area contributed by atoms with Gasteiger partial charge in [0.1, 0.15) is 5.75 Å². The van der Waals surface area contributed by atoms with Crippen LogP contribution in [-0.2, 0) is 10.2 Å². The first-order valence-electron chi connectivity index (χ1n) is 9.06. The van der Waals surface area contributed by atoms with Crippen LogP contribution in [0.2, 0.25) is 0 Å². The van der Waals surface area contributed by atoms with Crippen molar-refractivity contribution < 1.29 is 9.90 Å². The number of phenolic OH excluding ortho intramolecular Hbond substituents is 1. The summed E-state index contributed by atoms with van der Waals surface area (Å²) in [5.41, 5.74) is 0.222. The van der Waals surface area contributed by atoms with E-state index in [4.69, 9.17) is 0 Å². The van der Waals surface area contributed by atoms with Crippen molar-refractivity contribution in [1.82, 2.24) is 5.32 Å². The second kappa shape index (κ2) is 5.48. The maximum Gasteiger partial charge on any atom is 0.230 e. The third-order valence-corrected chi connectivity index (χ3v) is 7.60. The summed E-state index contributed by atoms with van der Waals surface area (Å²) < 4.78 is 0.339. The maximum absolute atomic E-state index is 13.0. The third kappa shape index (κ3) is 2.67. The highest BCUT2D eigenvalue weighted by molar-refractivity contribution is 9.10. The number of amides is 1. The van der Waals surface area contributed by atoms with E-state index in [1.54, 1.807) is 18.2 Å². The van der Waals surface area contributed by atoms with E-state index in [9.17, 15) is 9.90 Å². The lowest BCUT2D eigenvalue weighted by Crippen LogP contribution is -2.61. The molecule has 24 heavy (non-hydrogen) atoms. The number of aromatic hydroxyl groups is 1. The number of phenols is 1. The van der Waals surface area contributed by atoms with E-state index in [0.717, 1.165) is 11.5 Å². The summed E-state index contributed by atoms with van der Waals surface area (Å²) in [7, 11) is 0.